The van der Waals surface area contributed by atoms with Crippen molar-refractivity contribution in [1.29, 1.82) is 0 Å². The van der Waals surface area contributed by atoms with Crippen LogP contribution in [0, 0.1) is 18.3 Å². The fourth-order valence-electron chi connectivity index (χ4n) is 2.81. The van der Waals surface area contributed by atoms with E-state index in [1.165, 1.54) is 31.2 Å². The standard InChI is InChI=1S/C17H23NO/c1-3-12-19-17-11-7-6-10-16(17)13-18-14(2)15-8-4-5-9-15/h1,6-7,10-11,14-15,18H,4-5,8-9,12-13H2,2H3. The summed E-state index contributed by atoms with van der Waals surface area (Å²) in [6.07, 6.45) is 10.7. The third-order valence-corrected chi connectivity index (χ3v) is 4.01. The molecule has 2 heteroatoms. The van der Waals surface area contributed by atoms with Gasteiger partial charge in [0, 0.05) is 18.2 Å². The summed E-state index contributed by atoms with van der Waals surface area (Å²) in [6.45, 7) is 3.47. The highest BCUT2D eigenvalue weighted by Crippen LogP contribution is 2.28. The largest absolute Gasteiger partial charge is 0.481 e. The van der Waals surface area contributed by atoms with Gasteiger partial charge in [0.2, 0.25) is 0 Å². The van der Waals surface area contributed by atoms with Crippen LogP contribution in [0.3, 0.4) is 0 Å². The van der Waals surface area contributed by atoms with E-state index in [9.17, 15) is 0 Å². The van der Waals surface area contributed by atoms with Gasteiger partial charge in [-0.3, -0.25) is 0 Å². The van der Waals surface area contributed by atoms with Crippen molar-refractivity contribution >= 4 is 0 Å². The van der Waals surface area contributed by atoms with Gasteiger partial charge in [-0.25, -0.2) is 0 Å². The number of hydrogen-bond acceptors (Lipinski definition) is 2. The molecule has 2 nitrogen and oxygen atoms in total. The van der Waals surface area contributed by atoms with Crippen LogP contribution in [0.4, 0.5) is 0 Å². The number of para-hydroxylation sites is 1. The van der Waals surface area contributed by atoms with Gasteiger partial charge in [-0.2, -0.15) is 0 Å². The number of nitrogens with one attached hydrogen (secondary N) is 1. The Kier molecular flexibility index (Phi) is 5.30. The fraction of sp³-hybridized carbons (Fsp3) is 0.529. The molecule has 0 bridgehead atoms. The van der Waals surface area contributed by atoms with Gasteiger partial charge in [-0.15, -0.1) is 6.42 Å². The Morgan fingerprint density at radius 1 is 1.37 bits per heavy atom. The molecule has 1 saturated carbocycles. The molecule has 19 heavy (non-hydrogen) atoms. The highest BCUT2D eigenvalue weighted by atomic mass is 16.5. The third-order valence-electron chi connectivity index (χ3n) is 4.01. The Labute approximate surface area is 116 Å². The highest BCUT2D eigenvalue weighted by molar-refractivity contribution is 5.33. The molecule has 0 aromatic heterocycles. The van der Waals surface area contributed by atoms with Crippen LogP contribution in [0.5, 0.6) is 5.75 Å². The molecule has 1 aliphatic carbocycles. The van der Waals surface area contributed by atoms with Gasteiger partial charge < -0.3 is 10.1 Å². The molecule has 1 N–H and O–H groups in total. The van der Waals surface area contributed by atoms with E-state index in [1.807, 2.05) is 18.2 Å². The zero-order valence-corrected chi connectivity index (χ0v) is 11.7. The topological polar surface area (TPSA) is 21.3 Å². The molecule has 1 atom stereocenters. The van der Waals surface area contributed by atoms with Gasteiger partial charge in [0.25, 0.3) is 0 Å². The first kappa shape index (κ1) is 14.0. The summed E-state index contributed by atoms with van der Waals surface area (Å²) < 4.78 is 5.57. The maximum atomic E-state index is 5.57. The molecule has 0 spiro atoms. The van der Waals surface area contributed by atoms with Crippen molar-refractivity contribution in [2.75, 3.05) is 6.61 Å². The molecule has 0 saturated heterocycles. The van der Waals surface area contributed by atoms with E-state index >= 15 is 0 Å². The zero-order chi connectivity index (χ0) is 13.5. The SMILES string of the molecule is C#CCOc1ccccc1CNC(C)C1CCCC1. The molecule has 1 aromatic rings. The maximum absolute atomic E-state index is 5.57. The number of benzene rings is 1. The average Bonchev–Trinajstić information content (AvgIpc) is 2.97. The lowest BCUT2D eigenvalue weighted by molar-refractivity contribution is 0.354. The number of rotatable bonds is 6. The Hall–Kier alpha value is -1.46. The minimum atomic E-state index is 0.329. The predicted octanol–water partition coefficient (Wildman–Crippen LogP) is 3.37. The highest BCUT2D eigenvalue weighted by Gasteiger charge is 2.21. The summed E-state index contributed by atoms with van der Waals surface area (Å²) in [5.41, 5.74) is 1.18. The third kappa shape index (κ3) is 4.01. The number of terminal acetylenes is 1. The summed E-state index contributed by atoms with van der Waals surface area (Å²) in [7, 11) is 0. The first-order valence-corrected chi connectivity index (χ1v) is 7.19. The Bertz CT molecular complexity index is 429. The smallest absolute Gasteiger partial charge is 0.148 e. The van der Waals surface area contributed by atoms with Crippen molar-refractivity contribution < 1.29 is 4.74 Å². The first-order valence-electron chi connectivity index (χ1n) is 7.19. The van der Waals surface area contributed by atoms with E-state index in [1.54, 1.807) is 0 Å². The van der Waals surface area contributed by atoms with E-state index in [0.29, 0.717) is 12.6 Å². The molecule has 1 aliphatic rings. The monoisotopic (exact) mass is 257 g/mol. The molecule has 0 radical (unpaired) electrons. The van der Waals surface area contributed by atoms with Crippen LogP contribution in [-0.4, -0.2) is 12.6 Å². The van der Waals surface area contributed by atoms with Crippen molar-refractivity contribution in [3.63, 3.8) is 0 Å². The van der Waals surface area contributed by atoms with Gasteiger partial charge in [0.1, 0.15) is 12.4 Å². The van der Waals surface area contributed by atoms with Crippen molar-refractivity contribution in [2.24, 2.45) is 5.92 Å². The van der Waals surface area contributed by atoms with E-state index in [-0.39, 0.29) is 0 Å². The van der Waals surface area contributed by atoms with Crippen LogP contribution in [-0.2, 0) is 6.54 Å². The second-order valence-corrected chi connectivity index (χ2v) is 5.31. The van der Waals surface area contributed by atoms with Crippen molar-refractivity contribution in [2.45, 2.75) is 45.2 Å². The van der Waals surface area contributed by atoms with Crippen LogP contribution in [0.15, 0.2) is 24.3 Å². The molecule has 1 fully saturated rings. The van der Waals surface area contributed by atoms with Gasteiger partial charge >= 0.3 is 0 Å². The summed E-state index contributed by atoms with van der Waals surface area (Å²) in [6, 6.07) is 8.67. The molecule has 1 aromatic carbocycles. The van der Waals surface area contributed by atoms with Crippen molar-refractivity contribution in [1.82, 2.24) is 5.32 Å². The zero-order valence-electron chi connectivity index (χ0n) is 11.7. The maximum Gasteiger partial charge on any atom is 0.148 e. The van der Waals surface area contributed by atoms with E-state index < -0.39 is 0 Å². The van der Waals surface area contributed by atoms with Gasteiger partial charge in [0.15, 0.2) is 0 Å². The van der Waals surface area contributed by atoms with Crippen LogP contribution in [0.25, 0.3) is 0 Å². The molecule has 0 heterocycles. The van der Waals surface area contributed by atoms with E-state index in [2.05, 4.69) is 24.2 Å². The lowest BCUT2D eigenvalue weighted by Gasteiger charge is -2.21. The minimum absolute atomic E-state index is 0.329. The summed E-state index contributed by atoms with van der Waals surface area (Å²) in [4.78, 5) is 0. The normalized spacial score (nSPS) is 17.1. The second-order valence-electron chi connectivity index (χ2n) is 5.31. The molecule has 0 amide bonds. The average molecular weight is 257 g/mol. The van der Waals surface area contributed by atoms with Crippen molar-refractivity contribution in [3.8, 4) is 18.1 Å². The Morgan fingerprint density at radius 2 is 2.11 bits per heavy atom. The van der Waals surface area contributed by atoms with Crippen molar-refractivity contribution in [3.05, 3.63) is 29.8 Å². The Balaban J connectivity index is 1.89. The molecule has 0 aliphatic heterocycles. The summed E-state index contributed by atoms with van der Waals surface area (Å²) >= 11 is 0. The van der Waals surface area contributed by atoms with Crippen LogP contribution >= 0.6 is 0 Å². The number of hydrogen-bond donors (Lipinski definition) is 1. The first-order chi connectivity index (χ1) is 9.31. The Morgan fingerprint density at radius 3 is 2.84 bits per heavy atom. The fourth-order valence-corrected chi connectivity index (χ4v) is 2.81. The summed E-state index contributed by atoms with van der Waals surface area (Å²) in [5, 5.41) is 3.63. The van der Waals surface area contributed by atoms with Gasteiger partial charge in [0.05, 0.1) is 0 Å². The molecule has 1 unspecified atom stereocenters. The van der Waals surface area contributed by atoms with E-state index in [4.69, 9.17) is 11.2 Å². The minimum Gasteiger partial charge on any atom is -0.481 e. The van der Waals surface area contributed by atoms with Crippen LogP contribution < -0.4 is 10.1 Å². The molecule has 2 rings (SSSR count). The van der Waals surface area contributed by atoms with E-state index in [0.717, 1.165) is 18.2 Å². The van der Waals surface area contributed by atoms with Gasteiger partial charge in [-0.1, -0.05) is 37.0 Å². The predicted molar refractivity (Wildman–Crippen MR) is 79.0 cm³/mol. The molecule has 102 valence electrons. The second kappa shape index (κ2) is 7.21. The molecular formula is C17H23NO. The molecular weight excluding hydrogens is 234 g/mol. The number of ether oxygens (including phenoxy) is 1. The lowest BCUT2D eigenvalue weighted by Crippen LogP contribution is -2.31. The lowest BCUT2D eigenvalue weighted by atomic mass is 9.99. The summed E-state index contributed by atoms with van der Waals surface area (Å²) in [5.74, 6) is 4.24. The quantitative estimate of drug-likeness (QED) is 0.789. The van der Waals surface area contributed by atoms with Crippen LogP contribution in [0.1, 0.15) is 38.2 Å². The van der Waals surface area contributed by atoms with Crippen LogP contribution in [0.2, 0.25) is 0 Å². The van der Waals surface area contributed by atoms with Gasteiger partial charge in [-0.05, 0) is 31.7 Å².